The van der Waals surface area contributed by atoms with Crippen molar-refractivity contribution in [3.8, 4) is 0 Å². The van der Waals surface area contributed by atoms with E-state index < -0.39 is 0 Å². The molecule has 0 atom stereocenters. The van der Waals surface area contributed by atoms with E-state index in [0.717, 1.165) is 18.6 Å². The molecule has 0 aliphatic heterocycles. The highest BCUT2D eigenvalue weighted by Crippen LogP contribution is 2.40. The van der Waals surface area contributed by atoms with E-state index in [9.17, 15) is 4.79 Å². The zero-order chi connectivity index (χ0) is 9.54. The van der Waals surface area contributed by atoms with E-state index in [1.165, 1.54) is 0 Å². The topological polar surface area (TPSA) is 30.2 Å². The summed E-state index contributed by atoms with van der Waals surface area (Å²) in [6.07, 6.45) is 2.31. The molecule has 0 unspecified atom stereocenters. The quantitative estimate of drug-likeness (QED) is 0.685. The third-order valence-electron chi connectivity index (χ3n) is 2.63. The van der Waals surface area contributed by atoms with E-state index in [0.29, 0.717) is 16.9 Å². The molecule has 1 aliphatic rings. The molecule has 3 rings (SSSR count). The normalized spacial score (nSPS) is 16.0. The fourth-order valence-corrected chi connectivity index (χ4v) is 1.69. The molecule has 2 aromatic rings. The molecule has 1 saturated carbocycles. The zero-order valence-corrected chi connectivity index (χ0v) is 7.69. The Morgan fingerprint density at radius 1 is 1.21 bits per heavy atom. The summed E-state index contributed by atoms with van der Waals surface area (Å²) in [4.78, 5) is 11.7. The van der Waals surface area contributed by atoms with Crippen LogP contribution in [-0.4, -0.2) is 0 Å². The molecule has 0 saturated heterocycles. The van der Waals surface area contributed by atoms with Gasteiger partial charge in [-0.3, -0.25) is 4.79 Å². The summed E-state index contributed by atoms with van der Waals surface area (Å²) in [7, 11) is 0. The first-order valence-corrected chi connectivity index (χ1v) is 4.87. The summed E-state index contributed by atoms with van der Waals surface area (Å²) in [6, 6.07) is 9.04. The average Bonchev–Trinajstić information content (AvgIpc) is 3.01. The van der Waals surface area contributed by atoms with E-state index in [1.54, 1.807) is 12.1 Å². The number of rotatable bonds is 1. The van der Waals surface area contributed by atoms with Gasteiger partial charge in [-0.05, 0) is 25.0 Å². The van der Waals surface area contributed by atoms with E-state index in [1.807, 2.05) is 18.2 Å². The van der Waals surface area contributed by atoms with E-state index in [-0.39, 0.29) is 5.43 Å². The smallest absolute Gasteiger partial charge is 0.192 e. The van der Waals surface area contributed by atoms with E-state index >= 15 is 0 Å². The molecule has 70 valence electrons. The van der Waals surface area contributed by atoms with Crippen LogP contribution < -0.4 is 5.43 Å². The fraction of sp³-hybridized carbons (Fsp3) is 0.250. The van der Waals surface area contributed by atoms with Crippen LogP contribution in [0.4, 0.5) is 0 Å². The van der Waals surface area contributed by atoms with Crippen LogP contribution in [0.25, 0.3) is 11.0 Å². The lowest BCUT2D eigenvalue weighted by molar-refractivity contribution is 0.539. The third-order valence-corrected chi connectivity index (χ3v) is 2.63. The highest BCUT2D eigenvalue weighted by molar-refractivity contribution is 5.76. The van der Waals surface area contributed by atoms with E-state index in [2.05, 4.69) is 0 Å². The highest BCUT2D eigenvalue weighted by Gasteiger charge is 2.26. The predicted octanol–water partition coefficient (Wildman–Crippen LogP) is 2.67. The molecule has 2 heteroatoms. The zero-order valence-electron chi connectivity index (χ0n) is 7.69. The number of hydrogen-bond acceptors (Lipinski definition) is 2. The van der Waals surface area contributed by atoms with Crippen LogP contribution in [0.3, 0.4) is 0 Å². The Morgan fingerprint density at radius 2 is 2.00 bits per heavy atom. The lowest BCUT2D eigenvalue weighted by Gasteiger charge is -1.99. The van der Waals surface area contributed by atoms with Gasteiger partial charge in [0.1, 0.15) is 11.3 Å². The number of fused-ring (bicyclic) bond motifs is 1. The monoisotopic (exact) mass is 186 g/mol. The van der Waals surface area contributed by atoms with Crippen molar-refractivity contribution in [2.45, 2.75) is 18.8 Å². The molecule has 0 amide bonds. The largest absolute Gasteiger partial charge is 0.461 e. The lowest BCUT2D eigenvalue weighted by Crippen LogP contribution is -2.00. The maximum atomic E-state index is 11.7. The molecule has 1 aromatic carbocycles. The average molecular weight is 186 g/mol. The van der Waals surface area contributed by atoms with Gasteiger partial charge in [0.05, 0.1) is 5.39 Å². The van der Waals surface area contributed by atoms with E-state index in [4.69, 9.17) is 4.42 Å². The van der Waals surface area contributed by atoms with Gasteiger partial charge in [0.25, 0.3) is 0 Å². The lowest BCUT2D eigenvalue weighted by atomic mass is 10.2. The van der Waals surface area contributed by atoms with Crippen molar-refractivity contribution in [1.29, 1.82) is 0 Å². The van der Waals surface area contributed by atoms with Crippen molar-refractivity contribution in [3.63, 3.8) is 0 Å². The Morgan fingerprint density at radius 3 is 2.79 bits per heavy atom. The Bertz CT molecular complexity index is 535. The van der Waals surface area contributed by atoms with Gasteiger partial charge in [-0.15, -0.1) is 0 Å². The van der Waals surface area contributed by atoms with Gasteiger partial charge < -0.3 is 4.42 Å². The fourth-order valence-electron chi connectivity index (χ4n) is 1.69. The second-order valence-electron chi connectivity index (χ2n) is 3.78. The van der Waals surface area contributed by atoms with Crippen LogP contribution in [0.5, 0.6) is 0 Å². The molecule has 14 heavy (non-hydrogen) atoms. The predicted molar refractivity (Wildman–Crippen MR) is 54.5 cm³/mol. The van der Waals surface area contributed by atoms with Crippen LogP contribution in [0.1, 0.15) is 24.5 Å². The van der Waals surface area contributed by atoms with Crippen molar-refractivity contribution < 1.29 is 4.42 Å². The first-order chi connectivity index (χ1) is 6.84. The summed E-state index contributed by atoms with van der Waals surface area (Å²) >= 11 is 0. The number of para-hydroxylation sites is 1. The van der Waals surface area contributed by atoms with Crippen molar-refractivity contribution in [2.24, 2.45) is 0 Å². The van der Waals surface area contributed by atoms with Crippen LogP contribution >= 0.6 is 0 Å². The van der Waals surface area contributed by atoms with Crippen LogP contribution in [-0.2, 0) is 0 Å². The second-order valence-corrected chi connectivity index (χ2v) is 3.78. The molecule has 0 N–H and O–H groups in total. The maximum absolute atomic E-state index is 11.7. The van der Waals surface area contributed by atoms with Crippen molar-refractivity contribution in [2.75, 3.05) is 0 Å². The highest BCUT2D eigenvalue weighted by atomic mass is 16.3. The van der Waals surface area contributed by atoms with Gasteiger partial charge in [0.15, 0.2) is 5.43 Å². The van der Waals surface area contributed by atoms with Crippen molar-refractivity contribution in [3.05, 3.63) is 46.3 Å². The summed E-state index contributed by atoms with van der Waals surface area (Å²) in [5.41, 5.74) is 0.788. The van der Waals surface area contributed by atoms with Gasteiger partial charge in [0, 0.05) is 12.0 Å². The Labute approximate surface area is 81.2 Å². The van der Waals surface area contributed by atoms with Crippen LogP contribution in [0.2, 0.25) is 0 Å². The summed E-state index contributed by atoms with van der Waals surface area (Å²) in [5, 5.41) is 0.678. The van der Waals surface area contributed by atoms with Gasteiger partial charge in [-0.2, -0.15) is 0 Å². The minimum atomic E-state index is 0.0775. The molecule has 1 fully saturated rings. The molecule has 1 heterocycles. The third kappa shape index (κ3) is 1.15. The van der Waals surface area contributed by atoms with Gasteiger partial charge in [0.2, 0.25) is 0 Å². The first-order valence-electron chi connectivity index (χ1n) is 4.87. The Balaban J connectivity index is 2.33. The minimum absolute atomic E-state index is 0.0775. The van der Waals surface area contributed by atoms with Gasteiger partial charge in [-0.1, -0.05) is 12.1 Å². The molecular formula is C12H10O2. The summed E-state index contributed by atoms with van der Waals surface area (Å²) in [6.45, 7) is 0. The van der Waals surface area contributed by atoms with Gasteiger partial charge >= 0.3 is 0 Å². The second kappa shape index (κ2) is 2.71. The molecule has 0 radical (unpaired) electrons. The van der Waals surface area contributed by atoms with Crippen molar-refractivity contribution >= 4 is 11.0 Å². The Kier molecular flexibility index (Phi) is 1.51. The number of hydrogen-bond donors (Lipinski definition) is 0. The molecule has 0 bridgehead atoms. The Hall–Kier alpha value is -1.57. The molecule has 1 aromatic heterocycles. The summed E-state index contributed by atoms with van der Waals surface area (Å²) in [5.74, 6) is 1.35. The van der Waals surface area contributed by atoms with Crippen LogP contribution in [0, 0.1) is 0 Å². The minimum Gasteiger partial charge on any atom is -0.461 e. The first kappa shape index (κ1) is 7.80. The van der Waals surface area contributed by atoms with Gasteiger partial charge in [-0.25, -0.2) is 0 Å². The molecular weight excluding hydrogens is 176 g/mol. The summed E-state index contributed by atoms with van der Waals surface area (Å²) < 4.78 is 5.67. The number of benzene rings is 1. The van der Waals surface area contributed by atoms with Crippen LogP contribution in [0.15, 0.2) is 39.5 Å². The SMILES string of the molecule is O=c1cc(C2CC2)oc2ccccc12. The van der Waals surface area contributed by atoms with Crippen molar-refractivity contribution in [1.82, 2.24) is 0 Å². The molecule has 0 spiro atoms. The molecule has 2 nitrogen and oxygen atoms in total. The maximum Gasteiger partial charge on any atom is 0.192 e. The standard InChI is InChI=1S/C12H10O2/c13-10-7-12(8-5-6-8)14-11-4-2-1-3-9(10)11/h1-4,7-8H,5-6H2. The molecule has 1 aliphatic carbocycles.